The van der Waals surface area contributed by atoms with Crippen molar-refractivity contribution < 1.29 is 4.42 Å². The normalized spacial score (nSPS) is 11.6. The van der Waals surface area contributed by atoms with Gasteiger partial charge in [-0.25, -0.2) is 0 Å². The average molecular weight is 720 g/mol. The smallest absolute Gasteiger partial charge is 0.143 e. The van der Waals surface area contributed by atoms with Gasteiger partial charge in [0.05, 0.1) is 16.1 Å². The second-order valence-electron chi connectivity index (χ2n) is 14.1. The van der Waals surface area contributed by atoms with Gasteiger partial charge in [-0.05, 0) is 75.5 Å². The van der Waals surface area contributed by atoms with Crippen LogP contribution in [-0.2, 0) is 0 Å². The quantitative estimate of drug-likeness (QED) is 0.170. The predicted octanol–water partition coefficient (Wildman–Crippen LogP) is 15.6. The lowest BCUT2D eigenvalue weighted by molar-refractivity contribution is 0.670. The van der Waals surface area contributed by atoms with Gasteiger partial charge >= 0.3 is 0 Å². The third-order valence-corrected chi connectivity index (χ3v) is 12.1. The maximum absolute atomic E-state index is 6.56. The molecule has 0 aliphatic rings. The molecule has 9 aromatic carbocycles. The molecule has 258 valence electrons. The Hall–Kier alpha value is -6.94. The van der Waals surface area contributed by atoms with Crippen molar-refractivity contribution in [3.8, 4) is 33.4 Å². The highest BCUT2D eigenvalue weighted by atomic mass is 32.1. The molecule has 0 saturated heterocycles. The molecule has 2 nitrogen and oxygen atoms in total. The zero-order valence-electron chi connectivity index (χ0n) is 29.8. The van der Waals surface area contributed by atoms with Crippen molar-refractivity contribution in [1.29, 1.82) is 0 Å². The highest BCUT2D eigenvalue weighted by Crippen LogP contribution is 2.49. The maximum Gasteiger partial charge on any atom is 0.143 e. The van der Waals surface area contributed by atoms with Gasteiger partial charge in [-0.15, -0.1) is 11.3 Å². The van der Waals surface area contributed by atoms with E-state index in [4.69, 9.17) is 4.42 Å². The van der Waals surface area contributed by atoms with Crippen LogP contribution in [0.1, 0.15) is 0 Å². The Balaban J connectivity index is 1.19. The van der Waals surface area contributed by atoms with Crippen LogP contribution in [0.5, 0.6) is 0 Å². The fourth-order valence-corrected chi connectivity index (χ4v) is 9.44. The third-order valence-electron chi connectivity index (χ3n) is 10.9. The Morgan fingerprint density at radius 2 is 1.07 bits per heavy atom. The maximum atomic E-state index is 6.56. The summed E-state index contributed by atoms with van der Waals surface area (Å²) in [5, 5.41) is 7.27. The zero-order chi connectivity index (χ0) is 36.3. The first kappa shape index (κ1) is 31.6. The topological polar surface area (TPSA) is 16.4 Å². The Kier molecular flexibility index (Phi) is 7.39. The van der Waals surface area contributed by atoms with Crippen LogP contribution in [-0.4, -0.2) is 0 Å². The van der Waals surface area contributed by atoms with Crippen molar-refractivity contribution in [1.82, 2.24) is 0 Å². The molecule has 11 aromatic rings. The van der Waals surface area contributed by atoms with E-state index in [2.05, 4.69) is 199 Å². The molecule has 2 aromatic heterocycles. The predicted molar refractivity (Wildman–Crippen MR) is 235 cm³/mol. The van der Waals surface area contributed by atoms with Gasteiger partial charge < -0.3 is 9.32 Å². The zero-order valence-corrected chi connectivity index (χ0v) is 30.6. The molecule has 0 aliphatic carbocycles. The van der Waals surface area contributed by atoms with Crippen LogP contribution in [0, 0.1) is 0 Å². The Bertz CT molecular complexity index is 3230. The molecule has 0 aliphatic heterocycles. The first-order chi connectivity index (χ1) is 27.3. The van der Waals surface area contributed by atoms with Crippen LogP contribution < -0.4 is 4.90 Å². The lowest BCUT2D eigenvalue weighted by atomic mass is 9.95. The molecular formula is C52H33NOS. The lowest BCUT2D eigenvalue weighted by Crippen LogP contribution is -2.12. The van der Waals surface area contributed by atoms with Crippen molar-refractivity contribution >= 4 is 81.3 Å². The number of rotatable bonds is 6. The molecule has 0 fully saturated rings. The minimum absolute atomic E-state index is 0.900. The highest BCUT2D eigenvalue weighted by Gasteiger charge is 2.23. The largest absolute Gasteiger partial charge is 0.455 e. The lowest BCUT2D eigenvalue weighted by Gasteiger charge is -2.29. The average Bonchev–Trinajstić information content (AvgIpc) is 3.83. The highest BCUT2D eigenvalue weighted by molar-refractivity contribution is 7.26. The molecule has 3 heteroatoms. The first-order valence-corrected chi connectivity index (χ1v) is 19.5. The molecule has 0 atom stereocenters. The molecule has 11 rings (SSSR count). The number of thiophene rings is 1. The number of furan rings is 1. The van der Waals surface area contributed by atoms with Gasteiger partial charge in [0.1, 0.15) is 11.2 Å². The van der Waals surface area contributed by atoms with E-state index in [0.29, 0.717) is 0 Å². The van der Waals surface area contributed by atoms with Crippen molar-refractivity contribution in [3.63, 3.8) is 0 Å². The summed E-state index contributed by atoms with van der Waals surface area (Å²) in [5.74, 6) is 0. The molecule has 0 spiro atoms. The summed E-state index contributed by atoms with van der Waals surface area (Å²) in [4.78, 5) is 2.48. The molecular weight excluding hydrogens is 687 g/mol. The van der Waals surface area contributed by atoms with E-state index >= 15 is 0 Å². The fourth-order valence-electron chi connectivity index (χ4n) is 8.23. The molecule has 0 N–H and O–H groups in total. The van der Waals surface area contributed by atoms with Gasteiger partial charge in [0.25, 0.3) is 0 Å². The SMILES string of the molecule is c1ccc(-c2ccc(-c3ccc4ccccc4c3)cc2N(c2cccc(-c3cccc4c3oc3ccccc34)c2)c2cccc3c2sc2ccccc23)cc1. The Morgan fingerprint density at radius 3 is 2.00 bits per heavy atom. The molecule has 0 bridgehead atoms. The standard InChI is InChI=1S/C52H33NOS/c1-2-14-35(15-3-1)41-30-29-38(37-28-27-34-13-4-5-16-36(34)31-37)33-48(41)53(47-24-12-23-46-44-20-7-9-26-50(44)55-52(46)47)40-18-10-17-39(32-40)42-21-11-22-45-43-19-6-8-25-49(43)54-51(42)45/h1-33H. The van der Waals surface area contributed by atoms with Crippen LogP contribution in [0.15, 0.2) is 205 Å². The van der Waals surface area contributed by atoms with E-state index in [1.54, 1.807) is 0 Å². The van der Waals surface area contributed by atoms with E-state index in [1.807, 2.05) is 17.4 Å². The van der Waals surface area contributed by atoms with Crippen LogP contribution in [0.25, 0.3) is 86.3 Å². The third kappa shape index (κ3) is 5.32. The molecule has 0 radical (unpaired) electrons. The summed E-state index contributed by atoms with van der Waals surface area (Å²) in [5.41, 5.74) is 12.0. The van der Waals surface area contributed by atoms with Crippen LogP contribution in [0.2, 0.25) is 0 Å². The van der Waals surface area contributed by atoms with Crippen molar-refractivity contribution in [3.05, 3.63) is 200 Å². The van der Waals surface area contributed by atoms with E-state index < -0.39 is 0 Å². The van der Waals surface area contributed by atoms with Crippen molar-refractivity contribution in [2.24, 2.45) is 0 Å². The van der Waals surface area contributed by atoms with E-state index in [9.17, 15) is 0 Å². The van der Waals surface area contributed by atoms with Crippen molar-refractivity contribution in [2.75, 3.05) is 4.90 Å². The Labute approximate surface area is 322 Å². The number of hydrogen-bond donors (Lipinski definition) is 0. The Morgan fingerprint density at radius 1 is 0.382 bits per heavy atom. The summed E-state index contributed by atoms with van der Waals surface area (Å²) >= 11 is 1.86. The number of nitrogens with zero attached hydrogens (tertiary/aromatic N) is 1. The second-order valence-corrected chi connectivity index (χ2v) is 15.1. The van der Waals surface area contributed by atoms with Crippen LogP contribution >= 0.6 is 11.3 Å². The van der Waals surface area contributed by atoms with E-state index in [1.165, 1.54) is 42.1 Å². The monoisotopic (exact) mass is 719 g/mol. The number of hydrogen-bond acceptors (Lipinski definition) is 3. The first-order valence-electron chi connectivity index (χ1n) is 18.7. The molecule has 55 heavy (non-hydrogen) atoms. The number of fused-ring (bicyclic) bond motifs is 7. The minimum atomic E-state index is 0.900. The summed E-state index contributed by atoms with van der Waals surface area (Å²) < 4.78 is 9.09. The van der Waals surface area contributed by atoms with Gasteiger partial charge in [0.2, 0.25) is 0 Å². The molecule has 2 heterocycles. The number of benzene rings is 9. The fraction of sp³-hybridized carbons (Fsp3) is 0. The van der Waals surface area contributed by atoms with Gasteiger partial charge in [0.15, 0.2) is 0 Å². The van der Waals surface area contributed by atoms with Crippen LogP contribution in [0.4, 0.5) is 17.1 Å². The molecule has 0 saturated carbocycles. The van der Waals surface area contributed by atoms with Crippen LogP contribution in [0.3, 0.4) is 0 Å². The van der Waals surface area contributed by atoms with E-state index in [0.717, 1.165) is 61.3 Å². The van der Waals surface area contributed by atoms with Gasteiger partial charge in [0, 0.05) is 43.1 Å². The van der Waals surface area contributed by atoms with Gasteiger partial charge in [-0.1, -0.05) is 158 Å². The van der Waals surface area contributed by atoms with Crippen molar-refractivity contribution in [2.45, 2.75) is 0 Å². The summed E-state index contributed by atoms with van der Waals surface area (Å²) in [6, 6.07) is 72.3. The summed E-state index contributed by atoms with van der Waals surface area (Å²) in [6.07, 6.45) is 0. The summed E-state index contributed by atoms with van der Waals surface area (Å²) in [6.45, 7) is 0. The van der Waals surface area contributed by atoms with Gasteiger partial charge in [-0.2, -0.15) is 0 Å². The second kappa shape index (κ2) is 12.9. The van der Waals surface area contributed by atoms with Gasteiger partial charge in [-0.3, -0.25) is 0 Å². The molecule has 0 unspecified atom stereocenters. The van der Waals surface area contributed by atoms with E-state index in [-0.39, 0.29) is 0 Å². The molecule has 0 amide bonds. The minimum Gasteiger partial charge on any atom is -0.455 e. The number of anilines is 3. The summed E-state index contributed by atoms with van der Waals surface area (Å²) in [7, 11) is 0. The number of para-hydroxylation sites is 2.